The van der Waals surface area contributed by atoms with E-state index in [0.29, 0.717) is 0 Å². The molecule has 3 aliphatic heterocycles. The van der Waals surface area contributed by atoms with Crippen molar-refractivity contribution < 1.29 is 28.5 Å². The second-order valence-electron chi connectivity index (χ2n) is 7.89. The number of ether oxygens (including phenoxy) is 5. The largest absolute Gasteiger partial charge is 0.342 e. The van der Waals surface area contributed by atoms with E-state index in [1.807, 2.05) is 58.9 Å². The lowest BCUT2D eigenvalue weighted by Crippen LogP contribution is -2.58. The molecule has 7 heteroatoms. The smallest absolute Gasteiger partial charge is 0.256 e. The molecule has 1 amide bonds. The van der Waals surface area contributed by atoms with E-state index in [9.17, 15) is 4.79 Å². The predicted molar refractivity (Wildman–Crippen MR) is 92.3 cm³/mol. The summed E-state index contributed by atoms with van der Waals surface area (Å²) in [7, 11) is 0. The van der Waals surface area contributed by atoms with Crippen LogP contribution in [-0.2, 0) is 28.5 Å². The summed E-state index contributed by atoms with van der Waals surface area (Å²) in [5.74, 6) is -1.93. The Labute approximate surface area is 152 Å². The van der Waals surface area contributed by atoms with Gasteiger partial charge in [0.05, 0.1) is 0 Å². The van der Waals surface area contributed by atoms with Crippen LogP contribution in [0, 0.1) is 6.92 Å². The second kappa shape index (κ2) is 6.00. The SMILES string of the molecule is Cc1ccccc1NC(=O)[C@@H]1O[C@H]2OC(C)(C)O[C@@H]2[C@H]2OC(C)(C)O[C@H]21. The maximum atomic E-state index is 13.0. The average Bonchev–Trinajstić information content (AvgIpc) is 3.02. The molecule has 3 heterocycles. The first kappa shape index (κ1) is 17.9. The van der Waals surface area contributed by atoms with Crippen LogP contribution in [0.5, 0.6) is 0 Å². The number of carbonyl (C=O) groups is 1. The highest BCUT2D eigenvalue weighted by Crippen LogP contribution is 2.44. The first-order valence-electron chi connectivity index (χ1n) is 8.88. The number of amides is 1. The quantitative estimate of drug-likeness (QED) is 0.869. The molecule has 0 unspecified atom stereocenters. The molecule has 0 aromatic heterocycles. The van der Waals surface area contributed by atoms with Gasteiger partial charge in [-0.3, -0.25) is 4.79 Å². The number of anilines is 1. The Kier molecular flexibility index (Phi) is 4.13. The van der Waals surface area contributed by atoms with Crippen LogP contribution in [-0.4, -0.2) is 48.2 Å². The molecular formula is C19H25NO6. The Morgan fingerprint density at radius 1 is 0.923 bits per heavy atom. The summed E-state index contributed by atoms with van der Waals surface area (Å²) in [6.07, 6.45) is -3.01. The molecule has 0 radical (unpaired) electrons. The monoisotopic (exact) mass is 363 g/mol. The summed E-state index contributed by atoms with van der Waals surface area (Å²) in [5, 5.41) is 2.92. The zero-order valence-corrected chi connectivity index (χ0v) is 15.6. The van der Waals surface area contributed by atoms with Crippen molar-refractivity contribution in [3.05, 3.63) is 29.8 Å². The van der Waals surface area contributed by atoms with Gasteiger partial charge in [-0.25, -0.2) is 0 Å². The fourth-order valence-electron chi connectivity index (χ4n) is 3.74. The van der Waals surface area contributed by atoms with Crippen molar-refractivity contribution in [3.8, 4) is 0 Å². The lowest BCUT2D eigenvalue weighted by atomic mass is 9.98. The highest BCUT2D eigenvalue weighted by atomic mass is 16.9. The van der Waals surface area contributed by atoms with Crippen molar-refractivity contribution in [1.82, 2.24) is 0 Å². The number of hydrogen-bond donors (Lipinski definition) is 1. The molecule has 1 aromatic carbocycles. The van der Waals surface area contributed by atoms with Crippen molar-refractivity contribution in [2.24, 2.45) is 0 Å². The van der Waals surface area contributed by atoms with E-state index in [2.05, 4.69) is 5.32 Å². The van der Waals surface area contributed by atoms with Gasteiger partial charge in [-0.05, 0) is 46.2 Å². The molecule has 26 heavy (non-hydrogen) atoms. The van der Waals surface area contributed by atoms with Crippen LogP contribution < -0.4 is 5.32 Å². The summed E-state index contributed by atoms with van der Waals surface area (Å²) in [6, 6.07) is 7.58. The van der Waals surface area contributed by atoms with Gasteiger partial charge in [0.15, 0.2) is 24.0 Å². The van der Waals surface area contributed by atoms with E-state index in [0.717, 1.165) is 11.3 Å². The third-order valence-electron chi connectivity index (χ3n) is 4.82. The number of hydrogen-bond acceptors (Lipinski definition) is 6. The summed E-state index contributed by atoms with van der Waals surface area (Å²) in [5.41, 5.74) is 1.71. The van der Waals surface area contributed by atoms with E-state index in [-0.39, 0.29) is 5.91 Å². The molecule has 0 saturated carbocycles. The Morgan fingerprint density at radius 2 is 1.54 bits per heavy atom. The van der Waals surface area contributed by atoms with Gasteiger partial charge in [0.25, 0.3) is 5.91 Å². The van der Waals surface area contributed by atoms with Crippen LogP contribution in [0.2, 0.25) is 0 Å². The molecule has 5 atom stereocenters. The fourth-order valence-corrected chi connectivity index (χ4v) is 3.74. The molecule has 1 N–H and O–H groups in total. The van der Waals surface area contributed by atoms with E-state index in [1.165, 1.54) is 0 Å². The van der Waals surface area contributed by atoms with Crippen LogP contribution in [0.1, 0.15) is 33.3 Å². The van der Waals surface area contributed by atoms with Crippen molar-refractivity contribution in [1.29, 1.82) is 0 Å². The third kappa shape index (κ3) is 3.14. The van der Waals surface area contributed by atoms with Crippen molar-refractivity contribution in [3.63, 3.8) is 0 Å². The van der Waals surface area contributed by atoms with E-state index >= 15 is 0 Å². The minimum Gasteiger partial charge on any atom is -0.342 e. The Balaban J connectivity index is 1.59. The number of benzene rings is 1. The number of aryl methyl sites for hydroxylation is 1. The van der Waals surface area contributed by atoms with Crippen molar-refractivity contribution in [2.45, 2.75) is 76.9 Å². The van der Waals surface area contributed by atoms with Gasteiger partial charge in [-0.15, -0.1) is 0 Å². The lowest BCUT2D eigenvalue weighted by molar-refractivity contribution is -0.229. The summed E-state index contributed by atoms with van der Waals surface area (Å²) in [6.45, 7) is 9.19. The maximum absolute atomic E-state index is 13.0. The zero-order chi connectivity index (χ0) is 18.7. The maximum Gasteiger partial charge on any atom is 0.256 e. The van der Waals surface area contributed by atoms with Crippen LogP contribution in [0.15, 0.2) is 24.3 Å². The topological polar surface area (TPSA) is 75.3 Å². The molecule has 142 valence electrons. The minimum atomic E-state index is -0.861. The fraction of sp³-hybridized carbons (Fsp3) is 0.632. The van der Waals surface area contributed by atoms with Crippen molar-refractivity contribution >= 4 is 11.6 Å². The Morgan fingerprint density at radius 3 is 2.27 bits per heavy atom. The number of nitrogens with one attached hydrogen (secondary N) is 1. The van der Waals surface area contributed by atoms with Gasteiger partial charge in [-0.2, -0.15) is 0 Å². The van der Waals surface area contributed by atoms with Gasteiger partial charge in [0.2, 0.25) is 0 Å². The first-order chi connectivity index (χ1) is 12.2. The van der Waals surface area contributed by atoms with Crippen LogP contribution in [0.4, 0.5) is 5.69 Å². The molecule has 3 saturated heterocycles. The molecule has 0 bridgehead atoms. The van der Waals surface area contributed by atoms with Gasteiger partial charge in [0.1, 0.15) is 18.3 Å². The molecular weight excluding hydrogens is 338 g/mol. The lowest BCUT2D eigenvalue weighted by Gasteiger charge is -2.36. The standard InChI is InChI=1S/C19H25NO6/c1-10-8-6-7-9-11(10)20-16(21)14-12-13(24-18(2,3)23-12)15-17(22-14)26-19(4,5)25-15/h6-9,12-15,17H,1-5H3,(H,20,21)/t12-,13+,14-,15-,17+/m1/s1. The summed E-state index contributed by atoms with van der Waals surface area (Å²) < 4.78 is 29.7. The highest BCUT2D eigenvalue weighted by Gasteiger charge is 2.62. The highest BCUT2D eigenvalue weighted by molar-refractivity contribution is 5.95. The van der Waals surface area contributed by atoms with Gasteiger partial charge in [0, 0.05) is 5.69 Å². The van der Waals surface area contributed by atoms with Gasteiger partial charge < -0.3 is 29.0 Å². The second-order valence-corrected chi connectivity index (χ2v) is 7.89. The van der Waals surface area contributed by atoms with Crippen molar-refractivity contribution in [2.75, 3.05) is 5.32 Å². The molecule has 4 rings (SSSR count). The summed E-state index contributed by atoms with van der Waals surface area (Å²) in [4.78, 5) is 13.0. The molecule has 3 fully saturated rings. The Bertz CT molecular complexity index is 718. The van der Waals surface area contributed by atoms with E-state index < -0.39 is 42.3 Å². The molecule has 1 aromatic rings. The summed E-state index contributed by atoms with van der Waals surface area (Å²) >= 11 is 0. The number of fused-ring (bicyclic) bond motifs is 3. The third-order valence-corrected chi connectivity index (χ3v) is 4.82. The average molecular weight is 363 g/mol. The molecule has 0 spiro atoms. The van der Waals surface area contributed by atoms with Gasteiger partial charge in [-0.1, -0.05) is 18.2 Å². The van der Waals surface area contributed by atoms with Crippen LogP contribution in [0.3, 0.4) is 0 Å². The number of carbonyl (C=O) groups excluding carboxylic acids is 1. The predicted octanol–water partition coefficient (Wildman–Crippen LogP) is 2.33. The minimum absolute atomic E-state index is 0.289. The van der Waals surface area contributed by atoms with Gasteiger partial charge >= 0.3 is 0 Å². The van der Waals surface area contributed by atoms with E-state index in [1.54, 1.807) is 0 Å². The molecule has 3 aliphatic rings. The number of rotatable bonds is 2. The number of para-hydroxylation sites is 1. The molecule has 0 aliphatic carbocycles. The zero-order valence-electron chi connectivity index (χ0n) is 15.6. The normalized spacial score (nSPS) is 37.0. The van der Waals surface area contributed by atoms with E-state index in [4.69, 9.17) is 23.7 Å². The first-order valence-corrected chi connectivity index (χ1v) is 8.88. The molecule has 7 nitrogen and oxygen atoms in total. The Hall–Kier alpha value is -1.51. The van der Waals surface area contributed by atoms with Crippen LogP contribution >= 0.6 is 0 Å². The van der Waals surface area contributed by atoms with Crippen LogP contribution in [0.25, 0.3) is 0 Å².